The number of aliphatic carboxylic acids is 1. The Morgan fingerprint density at radius 2 is 1.83 bits per heavy atom. The molecule has 6 atom stereocenters. The molecule has 2 aromatic carbocycles. The molecule has 1 aromatic heterocycles. The van der Waals surface area contributed by atoms with Crippen LogP contribution in [0.25, 0.3) is 16.6 Å². The summed E-state index contributed by atoms with van der Waals surface area (Å²) in [4.78, 5) is 24.2. The van der Waals surface area contributed by atoms with E-state index in [1.807, 2.05) is 12.1 Å². The fourth-order valence-electron chi connectivity index (χ4n) is 4.70. The molecule has 0 spiro atoms. The average molecular weight is 498 g/mol. The Labute approximate surface area is 205 Å². The van der Waals surface area contributed by atoms with Crippen LogP contribution in [0.2, 0.25) is 0 Å². The number of carbonyl (C=O) groups excluding carboxylic acids is 1. The van der Waals surface area contributed by atoms with Crippen molar-refractivity contribution in [3.8, 4) is 5.69 Å². The fourth-order valence-corrected chi connectivity index (χ4v) is 4.70. The number of fused-ring (bicyclic) bond motifs is 1. The van der Waals surface area contributed by atoms with Gasteiger partial charge in [-0.05, 0) is 49.1 Å². The van der Waals surface area contributed by atoms with Gasteiger partial charge in [0.25, 0.3) is 0 Å². The summed E-state index contributed by atoms with van der Waals surface area (Å²) in [5, 5.41) is 47.8. The second-order valence-corrected chi connectivity index (χ2v) is 9.09. The van der Waals surface area contributed by atoms with Crippen LogP contribution in [-0.4, -0.2) is 85.9 Å². The molecule has 0 aliphatic carbocycles. The number of nitrogens with zero attached hydrogens (tertiary/aromatic N) is 2. The molecule has 190 valence electrons. The number of hydrogen-bond donors (Lipinski definition) is 5. The number of benzene rings is 2. The van der Waals surface area contributed by atoms with Gasteiger partial charge in [0.15, 0.2) is 6.10 Å². The van der Waals surface area contributed by atoms with E-state index in [4.69, 9.17) is 9.47 Å². The minimum Gasteiger partial charge on any atom is -0.479 e. The number of carboxylic acid groups (broad SMARTS) is 1. The Hall–Kier alpha value is -3.35. The van der Waals surface area contributed by atoms with E-state index in [9.17, 15) is 30.0 Å². The molecule has 5 rings (SSSR count). The SMILES string of the molecule is O=C(O[C@@H]1O[C@H](C(=O)O)[C@@H](O)[C@H](O)[C@H]1O)c1cccc2cn(-c3ccc([C@@H]4CCCNC4)cc3)nc12. The summed E-state index contributed by atoms with van der Waals surface area (Å²) < 4.78 is 11.9. The number of esters is 1. The average Bonchev–Trinajstić information content (AvgIpc) is 3.34. The largest absolute Gasteiger partial charge is 0.479 e. The molecule has 5 N–H and O–H groups in total. The van der Waals surface area contributed by atoms with E-state index in [1.165, 1.54) is 11.6 Å². The number of aliphatic hydroxyl groups is 3. The third kappa shape index (κ3) is 4.59. The molecule has 0 amide bonds. The predicted molar refractivity (Wildman–Crippen MR) is 126 cm³/mol. The molecule has 0 unspecified atom stereocenters. The maximum atomic E-state index is 12.9. The van der Waals surface area contributed by atoms with E-state index in [2.05, 4.69) is 22.5 Å². The number of ether oxygens (including phenoxy) is 2. The molecule has 11 nitrogen and oxygen atoms in total. The molecule has 2 saturated heterocycles. The van der Waals surface area contributed by atoms with Crippen molar-refractivity contribution in [1.82, 2.24) is 15.1 Å². The van der Waals surface area contributed by atoms with Crippen LogP contribution in [0.15, 0.2) is 48.7 Å². The predicted octanol–water partition coefficient (Wildman–Crippen LogP) is 0.542. The third-order valence-electron chi connectivity index (χ3n) is 6.72. The fraction of sp³-hybridized carbons (Fsp3) is 0.400. The van der Waals surface area contributed by atoms with Gasteiger partial charge in [-0.15, -0.1) is 0 Å². The molecule has 2 fully saturated rings. The van der Waals surface area contributed by atoms with Gasteiger partial charge in [0, 0.05) is 18.1 Å². The highest BCUT2D eigenvalue weighted by atomic mass is 16.7. The first-order chi connectivity index (χ1) is 17.3. The third-order valence-corrected chi connectivity index (χ3v) is 6.72. The van der Waals surface area contributed by atoms with Crippen molar-refractivity contribution >= 4 is 22.8 Å². The molecule has 0 bridgehead atoms. The molecular weight excluding hydrogens is 470 g/mol. The summed E-state index contributed by atoms with van der Waals surface area (Å²) in [7, 11) is 0. The van der Waals surface area contributed by atoms with Gasteiger partial charge < -0.3 is 35.2 Å². The van der Waals surface area contributed by atoms with Crippen molar-refractivity contribution < 1.29 is 39.5 Å². The summed E-state index contributed by atoms with van der Waals surface area (Å²) in [6.45, 7) is 2.01. The Balaban J connectivity index is 1.37. The van der Waals surface area contributed by atoms with Gasteiger partial charge >= 0.3 is 11.9 Å². The van der Waals surface area contributed by atoms with Crippen molar-refractivity contribution in [1.29, 1.82) is 0 Å². The minimum atomic E-state index is -1.88. The quantitative estimate of drug-likeness (QED) is 0.314. The zero-order valence-corrected chi connectivity index (χ0v) is 19.2. The zero-order chi connectivity index (χ0) is 25.4. The highest BCUT2D eigenvalue weighted by Gasteiger charge is 2.48. The molecule has 3 aromatic rings. The number of carbonyl (C=O) groups is 2. The van der Waals surface area contributed by atoms with Crippen molar-refractivity contribution in [3.05, 3.63) is 59.8 Å². The van der Waals surface area contributed by atoms with Crippen LogP contribution in [0.1, 0.15) is 34.7 Å². The summed E-state index contributed by atoms with van der Waals surface area (Å²) in [5.74, 6) is -2.02. The number of aliphatic hydroxyl groups excluding tert-OH is 3. The van der Waals surface area contributed by atoms with Crippen LogP contribution in [0, 0.1) is 0 Å². The van der Waals surface area contributed by atoms with E-state index < -0.39 is 42.6 Å². The minimum absolute atomic E-state index is 0.0689. The molecule has 0 radical (unpaired) electrons. The van der Waals surface area contributed by atoms with E-state index in [0.29, 0.717) is 16.8 Å². The number of carboxylic acids is 1. The molecule has 36 heavy (non-hydrogen) atoms. The Kier molecular flexibility index (Phi) is 6.73. The Bertz CT molecular complexity index is 1250. The molecular formula is C25H27N3O8. The van der Waals surface area contributed by atoms with Crippen LogP contribution < -0.4 is 5.32 Å². The van der Waals surface area contributed by atoms with Crippen molar-refractivity contribution in [3.63, 3.8) is 0 Å². The van der Waals surface area contributed by atoms with Gasteiger partial charge in [0.2, 0.25) is 6.29 Å². The van der Waals surface area contributed by atoms with Gasteiger partial charge in [-0.2, -0.15) is 5.10 Å². The first-order valence-electron chi connectivity index (χ1n) is 11.8. The van der Waals surface area contributed by atoms with Crippen LogP contribution in [0.3, 0.4) is 0 Å². The van der Waals surface area contributed by atoms with Crippen molar-refractivity contribution in [2.24, 2.45) is 0 Å². The van der Waals surface area contributed by atoms with Crippen LogP contribution in [-0.2, 0) is 14.3 Å². The van der Waals surface area contributed by atoms with E-state index in [1.54, 1.807) is 23.0 Å². The first-order valence-corrected chi connectivity index (χ1v) is 11.8. The molecule has 3 heterocycles. The first kappa shape index (κ1) is 24.3. The maximum absolute atomic E-state index is 12.9. The molecule has 2 aliphatic rings. The van der Waals surface area contributed by atoms with Crippen molar-refractivity contribution in [2.75, 3.05) is 13.1 Å². The standard InChI is InChI=1S/C25H27N3O8/c29-19-20(30)22(23(32)33)35-25(21(19)31)36-24(34)17-5-1-3-15-12-28(27-18(15)17)16-8-6-13(7-9-16)14-4-2-10-26-11-14/h1,3,5-9,12,14,19-22,25-26,29-31H,2,4,10-11H2,(H,32,33)/t14-,19+,20+,21-,22+,25+/m1/s1. The van der Waals surface area contributed by atoms with Crippen LogP contribution in [0.5, 0.6) is 0 Å². The van der Waals surface area contributed by atoms with Crippen LogP contribution >= 0.6 is 0 Å². The number of aromatic nitrogens is 2. The lowest BCUT2D eigenvalue weighted by molar-refractivity contribution is -0.278. The van der Waals surface area contributed by atoms with Crippen molar-refractivity contribution in [2.45, 2.75) is 49.5 Å². The van der Waals surface area contributed by atoms with E-state index in [0.717, 1.165) is 31.6 Å². The lowest BCUT2D eigenvalue weighted by atomic mass is 9.92. The lowest BCUT2D eigenvalue weighted by Gasteiger charge is -2.37. The van der Waals surface area contributed by atoms with Gasteiger partial charge in [-0.1, -0.05) is 24.3 Å². The van der Waals surface area contributed by atoms with E-state index in [-0.39, 0.29) is 5.56 Å². The van der Waals surface area contributed by atoms with Gasteiger partial charge in [-0.25, -0.2) is 14.3 Å². The number of piperidine rings is 1. The summed E-state index contributed by atoms with van der Waals surface area (Å²) in [6, 6.07) is 13.0. The highest BCUT2D eigenvalue weighted by molar-refractivity contribution is 6.02. The smallest absolute Gasteiger partial charge is 0.342 e. The monoisotopic (exact) mass is 497 g/mol. The Morgan fingerprint density at radius 3 is 2.53 bits per heavy atom. The Morgan fingerprint density at radius 1 is 1.06 bits per heavy atom. The van der Waals surface area contributed by atoms with Gasteiger partial charge in [0.1, 0.15) is 23.8 Å². The lowest BCUT2D eigenvalue weighted by Crippen LogP contribution is -2.60. The van der Waals surface area contributed by atoms with Crippen LogP contribution in [0.4, 0.5) is 0 Å². The number of hydrogen-bond acceptors (Lipinski definition) is 9. The summed E-state index contributed by atoms with van der Waals surface area (Å²) in [5.41, 5.74) is 2.47. The topological polar surface area (TPSA) is 163 Å². The second-order valence-electron chi connectivity index (χ2n) is 9.09. The normalized spacial score (nSPS) is 28.6. The second kappa shape index (κ2) is 9.96. The summed E-state index contributed by atoms with van der Waals surface area (Å²) in [6.07, 6.45) is -5.20. The highest BCUT2D eigenvalue weighted by Crippen LogP contribution is 2.27. The number of rotatable bonds is 5. The zero-order valence-electron chi connectivity index (χ0n) is 19.2. The maximum Gasteiger partial charge on any atom is 0.342 e. The number of nitrogens with one attached hydrogen (secondary N) is 1. The molecule has 11 heteroatoms. The summed E-state index contributed by atoms with van der Waals surface area (Å²) >= 11 is 0. The molecule has 2 aliphatic heterocycles. The van der Waals surface area contributed by atoms with E-state index >= 15 is 0 Å². The van der Waals surface area contributed by atoms with Gasteiger partial charge in [0.05, 0.1) is 11.3 Å². The molecule has 0 saturated carbocycles. The van der Waals surface area contributed by atoms with Gasteiger partial charge in [-0.3, -0.25) is 0 Å².